The molecule has 2 heterocycles. The molecule has 0 aliphatic carbocycles. The van der Waals surface area contributed by atoms with Crippen molar-refractivity contribution in [3.05, 3.63) is 112 Å². The highest BCUT2D eigenvalue weighted by Gasteiger charge is 2.45. The molecule has 0 fully saturated rings. The zero-order valence-electron chi connectivity index (χ0n) is 18.0. The van der Waals surface area contributed by atoms with Crippen LogP contribution in [-0.2, 0) is 4.79 Å². The second-order valence-electron chi connectivity index (χ2n) is 8.22. The third-order valence-electron chi connectivity index (χ3n) is 5.77. The lowest BCUT2D eigenvalue weighted by molar-refractivity contribution is -0.117. The van der Waals surface area contributed by atoms with Crippen LogP contribution >= 0.6 is 0 Å². The summed E-state index contributed by atoms with van der Waals surface area (Å²) < 4.78 is 19.4. The number of carbonyl (C=O) groups is 2. The minimum Gasteiger partial charge on any atom is -0.503 e. The Kier molecular flexibility index (Phi) is 4.86. The summed E-state index contributed by atoms with van der Waals surface area (Å²) in [6, 6.07) is 18.9. The molecule has 0 saturated heterocycles. The molecule has 0 bridgehead atoms. The highest BCUT2D eigenvalue weighted by atomic mass is 19.1. The van der Waals surface area contributed by atoms with E-state index in [0.717, 1.165) is 16.5 Å². The van der Waals surface area contributed by atoms with Crippen LogP contribution in [0.3, 0.4) is 0 Å². The number of hydrogen-bond donors (Lipinski definition) is 1. The van der Waals surface area contributed by atoms with Gasteiger partial charge in [-0.2, -0.15) is 0 Å². The van der Waals surface area contributed by atoms with Gasteiger partial charge in [0.05, 0.1) is 11.6 Å². The number of anilines is 1. The molecule has 6 heteroatoms. The number of benzene rings is 3. The number of aliphatic hydroxyl groups excluding tert-OH is 1. The van der Waals surface area contributed by atoms with Crippen molar-refractivity contribution in [1.29, 1.82) is 0 Å². The van der Waals surface area contributed by atoms with Crippen molar-refractivity contribution in [2.24, 2.45) is 0 Å². The summed E-state index contributed by atoms with van der Waals surface area (Å²) in [7, 11) is 0. The number of aliphatic hydroxyl groups is 1. The van der Waals surface area contributed by atoms with Crippen LogP contribution in [0.5, 0.6) is 0 Å². The molecular formula is C27H20FNO4. The molecule has 0 radical (unpaired) electrons. The van der Waals surface area contributed by atoms with Gasteiger partial charge in [-0.1, -0.05) is 36.4 Å². The second kappa shape index (κ2) is 7.74. The minimum atomic E-state index is -0.944. The molecular weight excluding hydrogens is 421 g/mol. The Morgan fingerprint density at radius 3 is 2.30 bits per heavy atom. The van der Waals surface area contributed by atoms with Gasteiger partial charge in [0.25, 0.3) is 5.91 Å². The maximum atomic E-state index is 13.7. The van der Waals surface area contributed by atoms with E-state index in [4.69, 9.17) is 4.42 Å². The third kappa shape index (κ3) is 3.49. The largest absolute Gasteiger partial charge is 0.503 e. The molecule has 1 aromatic heterocycles. The molecule has 4 aromatic rings. The highest BCUT2D eigenvalue weighted by molar-refractivity contribution is 6.20. The maximum Gasteiger partial charge on any atom is 0.294 e. The Balaban J connectivity index is 1.68. The summed E-state index contributed by atoms with van der Waals surface area (Å²) in [5.41, 5.74) is 3.29. The summed E-state index contributed by atoms with van der Waals surface area (Å²) >= 11 is 0. The van der Waals surface area contributed by atoms with Gasteiger partial charge >= 0.3 is 0 Å². The van der Waals surface area contributed by atoms with Crippen LogP contribution in [0.25, 0.3) is 11.0 Å². The van der Waals surface area contributed by atoms with E-state index in [1.54, 1.807) is 18.2 Å². The molecule has 1 unspecified atom stereocenters. The predicted octanol–water partition coefficient (Wildman–Crippen LogP) is 5.97. The molecule has 164 valence electrons. The highest BCUT2D eigenvalue weighted by Crippen LogP contribution is 2.42. The van der Waals surface area contributed by atoms with Crippen molar-refractivity contribution >= 4 is 28.3 Å². The molecule has 0 saturated carbocycles. The fourth-order valence-corrected chi connectivity index (χ4v) is 4.38. The van der Waals surface area contributed by atoms with E-state index in [9.17, 15) is 19.1 Å². The number of fused-ring (bicyclic) bond motifs is 1. The molecule has 1 N–H and O–H groups in total. The molecule has 33 heavy (non-hydrogen) atoms. The van der Waals surface area contributed by atoms with Gasteiger partial charge in [0.1, 0.15) is 11.4 Å². The van der Waals surface area contributed by atoms with E-state index in [-0.39, 0.29) is 11.3 Å². The number of hydrogen-bond acceptors (Lipinski definition) is 4. The summed E-state index contributed by atoms with van der Waals surface area (Å²) in [4.78, 5) is 28.2. The van der Waals surface area contributed by atoms with Gasteiger partial charge in [0.2, 0.25) is 5.78 Å². The van der Waals surface area contributed by atoms with Crippen LogP contribution in [0.15, 0.2) is 88.5 Å². The normalized spacial score (nSPS) is 16.2. The number of carbonyl (C=O) groups excluding carboxylic acids is 2. The van der Waals surface area contributed by atoms with Gasteiger partial charge in [-0.25, -0.2) is 4.39 Å². The molecule has 0 spiro atoms. The lowest BCUT2D eigenvalue weighted by Gasteiger charge is -2.27. The average Bonchev–Trinajstić information content (AvgIpc) is 3.33. The molecule has 5 nitrogen and oxygen atoms in total. The lowest BCUT2D eigenvalue weighted by atomic mass is 9.94. The van der Waals surface area contributed by atoms with Crippen molar-refractivity contribution in [2.75, 3.05) is 4.90 Å². The summed E-state index contributed by atoms with van der Waals surface area (Å²) in [6.07, 6.45) is 0. The monoisotopic (exact) mass is 441 g/mol. The first-order valence-corrected chi connectivity index (χ1v) is 10.5. The van der Waals surface area contributed by atoms with E-state index in [1.807, 2.05) is 44.2 Å². The Labute approximate surface area is 189 Å². The van der Waals surface area contributed by atoms with E-state index in [2.05, 4.69) is 0 Å². The maximum absolute atomic E-state index is 13.7. The Morgan fingerprint density at radius 1 is 0.970 bits per heavy atom. The van der Waals surface area contributed by atoms with E-state index in [1.165, 1.54) is 29.2 Å². The van der Waals surface area contributed by atoms with Gasteiger partial charge in [0, 0.05) is 11.1 Å². The third-order valence-corrected chi connectivity index (χ3v) is 5.77. The van der Waals surface area contributed by atoms with Crippen LogP contribution in [0.1, 0.15) is 33.3 Å². The fraction of sp³-hybridized carbons (Fsp3) is 0.111. The SMILES string of the molecule is Cc1cc(C)cc(N2C(=O)C(O)=C(C(=O)c3cc4ccccc4o3)C2c2ccc(F)cc2)c1. The van der Waals surface area contributed by atoms with Gasteiger partial charge in [-0.05, 0) is 66.9 Å². The molecule has 3 aromatic carbocycles. The van der Waals surface area contributed by atoms with Gasteiger partial charge < -0.3 is 9.52 Å². The van der Waals surface area contributed by atoms with Crippen LogP contribution in [-0.4, -0.2) is 16.8 Å². The number of Topliss-reactive ketones (excluding diaryl/α,β-unsaturated/α-hetero) is 1. The summed E-state index contributed by atoms with van der Waals surface area (Å²) in [5.74, 6) is -2.37. The number of para-hydroxylation sites is 1. The number of ketones is 1. The zero-order chi connectivity index (χ0) is 23.3. The zero-order valence-corrected chi connectivity index (χ0v) is 18.0. The van der Waals surface area contributed by atoms with Crippen molar-refractivity contribution in [3.63, 3.8) is 0 Å². The number of amides is 1. The van der Waals surface area contributed by atoms with Crippen molar-refractivity contribution < 1.29 is 23.5 Å². The Hall–Kier alpha value is -4.19. The quantitative estimate of drug-likeness (QED) is 0.396. The van der Waals surface area contributed by atoms with E-state index >= 15 is 0 Å². The van der Waals surface area contributed by atoms with Crippen molar-refractivity contribution in [1.82, 2.24) is 0 Å². The first kappa shape index (κ1) is 20.7. The minimum absolute atomic E-state index is 0.0138. The first-order chi connectivity index (χ1) is 15.8. The smallest absolute Gasteiger partial charge is 0.294 e. The molecule has 1 aliphatic heterocycles. The van der Waals surface area contributed by atoms with E-state index < -0.39 is 29.3 Å². The van der Waals surface area contributed by atoms with Gasteiger partial charge in [-0.3, -0.25) is 14.5 Å². The van der Waals surface area contributed by atoms with E-state index in [0.29, 0.717) is 16.8 Å². The van der Waals surface area contributed by atoms with Crippen molar-refractivity contribution in [2.45, 2.75) is 19.9 Å². The molecule has 1 atom stereocenters. The van der Waals surface area contributed by atoms with Crippen molar-refractivity contribution in [3.8, 4) is 0 Å². The summed E-state index contributed by atoms with van der Waals surface area (Å²) in [6.45, 7) is 3.80. The second-order valence-corrected chi connectivity index (χ2v) is 8.22. The number of furan rings is 1. The van der Waals surface area contributed by atoms with Crippen LogP contribution < -0.4 is 4.90 Å². The van der Waals surface area contributed by atoms with Gasteiger partial charge in [0.15, 0.2) is 11.5 Å². The number of aryl methyl sites for hydroxylation is 2. The van der Waals surface area contributed by atoms with Crippen LogP contribution in [0.4, 0.5) is 10.1 Å². The van der Waals surface area contributed by atoms with Crippen LogP contribution in [0.2, 0.25) is 0 Å². The van der Waals surface area contributed by atoms with Crippen LogP contribution in [0, 0.1) is 19.7 Å². The predicted molar refractivity (Wildman–Crippen MR) is 123 cm³/mol. The molecule has 5 rings (SSSR count). The summed E-state index contributed by atoms with van der Waals surface area (Å²) in [5, 5.41) is 11.6. The van der Waals surface area contributed by atoms with Gasteiger partial charge in [-0.15, -0.1) is 0 Å². The average molecular weight is 441 g/mol. The fourth-order valence-electron chi connectivity index (χ4n) is 4.38. The lowest BCUT2D eigenvalue weighted by Crippen LogP contribution is -2.31. The Bertz CT molecular complexity index is 1400. The first-order valence-electron chi connectivity index (χ1n) is 10.5. The molecule has 1 aliphatic rings. The number of nitrogens with zero attached hydrogens (tertiary/aromatic N) is 1. The number of halogens is 1. The topological polar surface area (TPSA) is 70.8 Å². The standard InChI is InChI=1S/C27H20FNO4/c1-15-11-16(2)13-20(12-15)29-24(17-7-9-19(28)10-8-17)23(26(31)27(29)32)25(30)22-14-18-5-3-4-6-21(18)33-22/h3-14,24,31H,1-2H3. The number of rotatable bonds is 4. The Morgan fingerprint density at radius 2 is 1.64 bits per heavy atom. The molecule has 1 amide bonds.